The predicted molar refractivity (Wildman–Crippen MR) is 153 cm³/mol. The van der Waals surface area contributed by atoms with Crippen LogP contribution in [0.15, 0.2) is 60.7 Å². The van der Waals surface area contributed by atoms with Crippen molar-refractivity contribution >= 4 is 5.69 Å². The van der Waals surface area contributed by atoms with Crippen molar-refractivity contribution in [3.63, 3.8) is 0 Å². The van der Waals surface area contributed by atoms with Crippen LogP contribution in [0.4, 0.5) is 5.69 Å². The molecule has 0 fully saturated rings. The molecule has 0 aliphatic rings. The molecule has 0 bridgehead atoms. The molecule has 2 rings (SSSR count). The van der Waals surface area contributed by atoms with Crippen LogP contribution in [0.1, 0.15) is 128 Å². The number of quaternary nitrogens is 1. The van der Waals surface area contributed by atoms with E-state index in [2.05, 4.69) is 81.7 Å². The van der Waals surface area contributed by atoms with Gasteiger partial charge in [0.15, 0.2) is 0 Å². The molecule has 1 nitrogen and oxygen atoms in total. The first kappa shape index (κ1) is 28.6. The van der Waals surface area contributed by atoms with Crippen molar-refractivity contribution in [1.29, 1.82) is 0 Å². The Morgan fingerprint density at radius 3 is 1.32 bits per heavy atom. The zero-order valence-electron chi connectivity index (χ0n) is 22.8. The highest BCUT2D eigenvalue weighted by atomic mass is 15.3. The summed E-state index contributed by atoms with van der Waals surface area (Å²) in [6.45, 7) is 2.30. The molecule has 0 N–H and O–H groups in total. The minimum atomic E-state index is 0.509. The third kappa shape index (κ3) is 11.2. The van der Waals surface area contributed by atoms with Gasteiger partial charge >= 0.3 is 0 Å². The van der Waals surface area contributed by atoms with Crippen LogP contribution in [0.2, 0.25) is 0 Å². The van der Waals surface area contributed by atoms with E-state index in [0.717, 1.165) is 4.48 Å². The number of nitrogens with zero attached hydrogens (tertiary/aromatic N) is 1. The van der Waals surface area contributed by atoms with Gasteiger partial charge in [-0.15, -0.1) is 0 Å². The lowest BCUT2D eigenvalue weighted by molar-refractivity contribution is 0.274. The van der Waals surface area contributed by atoms with E-state index in [1.807, 2.05) is 0 Å². The fourth-order valence-electron chi connectivity index (χ4n) is 5.42. The van der Waals surface area contributed by atoms with Crippen molar-refractivity contribution in [2.75, 3.05) is 14.1 Å². The van der Waals surface area contributed by atoms with Gasteiger partial charge in [-0.3, -0.25) is 4.48 Å². The molecule has 1 heteroatoms. The zero-order chi connectivity index (χ0) is 24.3. The van der Waals surface area contributed by atoms with Gasteiger partial charge in [-0.1, -0.05) is 152 Å². The van der Waals surface area contributed by atoms with Crippen LogP contribution in [-0.4, -0.2) is 14.1 Å². The first-order valence-corrected chi connectivity index (χ1v) is 14.6. The zero-order valence-corrected chi connectivity index (χ0v) is 22.8. The van der Waals surface area contributed by atoms with Crippen LogP contribution in [0.5, 0.6) is 0 Å². The van der Waals surface area contributed by atoms with Crippen molar-refractivity contribution in [2.45, 2.75) is 122 Å². The summed E-state index contributed by atoms with van der Waals surface area (Å²) in [7, 11) is 4.75. The normalized spacial score (nSPS) is 12.7. The summed E-state index contributed by atoms with van der Waals surface area (Å²) >= 11 is 0. The van der Waals surface area contributed by atoms with E-state index in [9.17, 15) is 0 Å². The average molecular weight is 465 g/mol. The summed E-state index contributed by atoms with van der Waals surface area (Å²) in [6, 6.07) is 22.7. The van der Waals surface area contributed by atoms with Gasteiger partial charge in [0.1, 0.15) is 11.7 Å². The molecular formula is C33H54N+. The largest absolute Gasteiger partial charge is 0.290 e. The molecule has 2 aromatic carbocycles. The molecule has 34 heavy (non-hydrogen) atoms. The number of benzene rings is 2. The van der Waals surface area contributed by atoms with E-state index in [-0.39, 0.29) is 0 Å². The smallest absolute Gasteiger partial charge is 0.132 e. The van der Waals surface area contributed by atoms with Crippen LogP contribution in [-0.2, 0) is 0 Å². The van der Waals surface area contributed by atoms with Crippen LogP contribution >= 0.6 is 0 Å². The molecule has 0 aromatic heterocycles. The molecule has 1 unspecified atom stereocenters. The van der Waals surface area contributed by atoms with Crippen molar-refractivity contribution in [3.8, 4) is 0 Å². The molecule has 1 atom stereocenters. The second-order valence-corrected chi connectivity index (χ2v) is 10.9. The van der Waals surface area contributed by atoms with Gasteiger partial charge in [-0.05, 0) is 18.6 Å². The van der Waals surface area contributed by atoms with Crippen molar-refractivity contribution in [2.24, 2.45) is 0 Å². The Bertz CT molecular complexity index is 706. The van der Waals surface area contributed by atoms with E-state index < -0.39 is 0 Å². The molecular weight excluding hydrogens is 410 g/mol. The molecule has 0 aliphatic heterocycles. The SMILES string of the molecule is CCCCCCCCCCCCCCCCCCC(c1ccccc1)[N+](C)(C)c1ccccc1. The molecule has 0 amide bonds. The third-order valence-electron chi connectivity index (χ3n) is 7.72. The van der Waals surface area contributed by atoms with Crippen molar-refractivity contribution < 1.29 is 0 Å². The van der Waals surface area contributed by atoms with Gasteiger partial charge in [0.05, 0.1) is 14.1 Å². The maximum absolute atomic E-state index is 2.37. The average Bonchev–Trinajstić information content (AvgIpc) is 2.87. The van der Waals surface area contributed by atoms with Gasteiger partial charge in [-0.2, -0.15) is 0 Å². The Balaban J connectivity index is 1.58. The maximum atomic E-state index is 2.37. The van der Waals surface area contributed by atoms with Gasteiger partial charge in [-0.25, -0.2) is 0 Å². The lowest BCUT2D eigenvalue weighted by atomic mass is 9.96. The van der Waals surface area contributed by atoms with Crippen LogP contribution in [0.25, 0.3) is 0 Å². The molecule has 0 spiro atoms. The quantitative estimate of drug-likeness (QED) is 0.135. The second-order valence-electron chi connectivity index (χ2n) is 10.9. The molecule has 2 aromatic rings. The highest BCUT2D eigenvalue weighted by molar-refractivity contribution is 5.43. The van der Waals surface area contributed by atoms with Crippen molar-refractivity contribution in [1.82, 2.24) is 4.48 Å². The second kappa shape index (κ2) is 17.8. The predicted octanol–water partition coefficient (Wildman–Crippen LogP) is 10.6. The Morgan fingerprint density at radius 2 is 0.882 bits per heavy atom. The van der Waals surface area contributed by atoms with E-state index in [1.165, 1.54) is 120 Å². The van der Waals surface area contributed by atoms with E-state index >= 15 is 0 Å². The number of hydrogen-bond acceptors (Lipinski definition) is 0. The standard InChI is InChI=1S/C33H54N/c1-4-5-6-7-8-9-10-11-12-13-14-15-16-17-18-25-30-33(31-26-21-19-22-27-31)34(2,3)32-28-23-20-24-29-32/h19-24,26-29,33H,4-18,25,30H2,1-3H3/q+1. The summed E-state index contributed by atoms with van der Waals surface area (Å²) in [6.07, 6.45) is 24.1. The molecule has 0 radical (unpaired) electrons. The van der Waals surface area contributed by atoms with Crippen LogP contribution < -0.4 is 4.48 Å². The van der Waals surface area contributed by atoms with Gasteiger partial charge in [0, 0.05) is 12.0 Å². The summed E-state index contributed by atoms with van der Waals surface area (Å²) in [5, 5.41) is 0. The Kier molecular flexibility index (Phi) is 15.0. The van der Waals surface area contributed by atoms with Gasteiger partial charge in [0.25, 0.3) is 0 Å². The summed E-state index contributed by atoms with van der Waals surface area (Å²) in [5.41, 5.74) is 2.87. The molecule has 0 saturated heterocycles. The van der Waals surface area contributed by atoms with Crippen molar-refractivity contribution in [3.05, 3.63) is 66.2 Å². The first-order valence-electron chi connectivity index (χ1n) is 14.6. The number of para-hydroxylation sites is 1. The number of unbranched alkanes of at least 4 members (excludes halogenated alkanes) is 15. The van der Waals surface area contributed by atoms with E-state index in [4.69, 9.17) is 0 Å². The topological polar surface area (TPSA) is 0 Å². The fraction of sp³-hybridized carbons (Fsp3) is 0.636. The molecule has 190 valence electrons. The Morgan fingerprint density at radius 1 is 0.500 bits per heavy atom. The number of hydrogen-bond donors (Lipinski definition) is 0. The van der Waals surface area contributed by atoms with E-state index in [0.29, 0.717) is 6.04 Å². The maximum Gasteiger partial charge on any atom is 0.132 e. The fourth-order valence-corrected chi connectivity index (χ4v) is 5.42. The molecule has 0 saturated carbocycles. The van der Waals surface area contributed by atoms with Gasteiger partial charge < -0.3 is 0 Å². The third-order valence-corrected chi connectivity index (χ3v) is 7.72. The summed E-state index contributed by atoms with van der Waals surface area (Å²) < 4.78 is 0.920. The van der Waals surface area contributed by atoms with E-state index in [1.54, 1.807) is 0 Å². The first-order chi connectivity index (χ1) is 16.7. The molecule has 0 aliphatic carbocycles. The highest BCUT2D eigenvalue weighted by Crippen LogP contribution is 2.35. The monoisotopic (exact) mass is 464 g/mol. The van der Waals surface area contributed by atoms with Crippen LogP contribution in [0.3, 0.4) is 0 Å². The lowest BCUT2D eigenvalue weighted by Crippen LogP contribution is -2.44. The van der Waals surface area contributed by atoms with Crippen LogP contribution in [0, 0.1) is 0 Å². The van der Waals surface area contributed by atoms with Gasteiger partial charge in [0.2, 0.25) is 0 Å². The lowest BCUT2D eigenvalue weighted by Gasteiger charge is -2.38. The summed E-state index contributed by atoms with van der Waals surface area (Å²) in [4.78, 5) is 0. The molecule has 0 heterocycles. The minimum absolute atomic E-state index is 0.509. The number of rotatable bonds is 20. The summed E-state index contributed by atoms with van der Waals surface area (Å²) in [5.74, 6) is 0. The Hall–Kier alpha value is -1.60. The highest BCUT2D eigenvalue weighted by Gasteiger charge is 2.31. The minimum Gasteiger partial charge on any atom is -0.290 e. The Labute approximate surface area is 212 Å².